The molecule has 0 bridgehead atoms. The van der Waals surface area contributed by atoms with Gasteiger partial charge in [0.15, 0.2) is 5.76 Å². The Labute approximate surface area is 187 Å². The van der Waals surface area contributed by atoms with Crippen LogP contribution in [0.4, 0.5) is 11.4 Å². The van der Waals surface area contributed by atoms with Crippen molar-refractivity contribution in [3.63, 3.8) is 0 Å². The number of furan rings is 1. The zero-order valence-electron chi connectivity index (χ0n) is 16.9. The molecule has 1 saturated heterocycles. The minimum Gasteiger partial charge on any atom is -0.461 e. The number of nitro groups is 1. The summed E-state index contributed by atoms with van der Waals surface area (Å²) < 4.78 is 5.40. The largest absolute Gasteiger partial charge is 0.461 e. The van der Waals surface area contributed by atoms with E-state index in [0.29, 0.717) is 28.4 Å². The van der Waals surface area contributed by atoms with Crippen molar-refractivity contribution in [2.45, 2.75) is 11.5 Å². The standard InChI is InChI=1S/C23H18ClN3O5/c1-26-12-16(13-4-2-5-15(10-13)27(30)31)20(21(28)19-6-3-9-32-19)23(26)17-11-14(24)7-8-18(17)25-22(23)29/h2-11,16,20H,12H2,1H3,(H,25,29)/t16-,20-,23-/m1/s1. The Morgan fingerprint density at radius 1 is 1.25 bits per heavy atom. The highest BCUT2D eigenvalue weighted by Gasteiger charge is 2.64. The van der Waals surface area contributed by atoms with Crippen LogP contribution in [0.5, 0.6) is 0 Å². The fourth-order valence-electron chi connectivity index (χ4n) is 5.15. The van der Waals surface area contributed by atoms with E-state index in [1.807, 2.05) is 4.90 Å². The van der Waals surface area contributed by atoms with Gasteiger partial charge in [0.05, 0.1) is 17.1 Å². The van der Waals surface area contributed by atoms with Crippen LogP contribution in [0.1, 0.15) is 27.6 Å². The number of likely N-dealkylation sites (tertiary alicyclic amines) is 1. The zero-order chi connectivity index (χ0) is 22.6. The summed E-state index contributed by atoms with van der Waals surface area (Å²) in [5.74, 6) is -1.94. The number of likely N-dealkylation sites (N-methyl/N-ethyl adjacent to an activating group) is 1. The second-order valence-electron chi connectivity index (χ2n) is 8.07. The molecule has 3 atom stereocenters. The highest BCUT2D eigenvalue weighted by molar-refractivity contribution is 6.31. The van der Waals surface area contributed by atoms with Gasteiger partial charge in [-0.1, -0.05) is 23.7 Å². The Bertz CT molecular complexity index is 1260. The molecule has 1 spiro atoms. The quantitative estimate of drug-likeness (QED) is 0.361. The molecule has 32 heavy (non-hydrogen) atoms. The van der Waals surface area contributed by atoms with Crippen molar-refractivity contribution < 1.29 is 18.9 Å². The predicted octanol–water partition coefficient (Wildman–Crippen LogP) is 4.22. The lowest BCUT2D eigenvalue weighted by molar-refractivity contribution is -0.384. The molecule has 1 N–H and O–H groups in total. The molecule has 2 aromatic carbocycles. The summed E-state index contributed by atoms with van der Waals surface area (Å²) in [6.07, 6.45) is 1.40. The van der Waals surface area contributed by atoms with Crippen molar-refractivity contribution >= 4 is 34.7 Å². The first kappa shape index (κ1) is 20.4. The molecule has 0 radical (unpaired) electrons. The Morgan fingerprint density at radius 3 is 2.78 bits per heavy atom. The number of carbonyl (C=O) groups is 2. The number of nitrogens with zero attached hydrogens (tertiary/aromatic N) is 2. The lowest BCUT2D eigenvalue weighted by Gasteiger charge is -2.35. The van der Waals surface area contributed by atoms with Gasteiger partial charge in [-0.2, -0.15) is 0 Å². The maximum Gasteiger partial charge on any atom is 0.269 e. The summed E-state index contributed by atoms with van der Waals surface area (Å²) in [6, 6.07) is 14.5. The number of ketones is 1. The van der Waals surface area contributed by atoms with Crippen LogP contribution in [0.2, 0.25) is 5.02 Å². The predicted molar refractivity (Wildman–Crippen MR) is 117 cm³/mol. The molecule has 2 aliphatic heterocycles. The molecule has 2 aliphatic rings. The lowest BCUT2D eigenvalue weighted by Crippen LogP contribution is -2.51. The summed E-state index contributed by atoms with van der Waals surface area (Å²) >= 11 is 6.28. The molecule has 162 valence electrons. The Hall–Kier alpha value is -3.49. The van der Waals surface area contributed by atoms with Gasteiger partial charge in [-0.25, -0.2) is 0 Å². The van der Waals surface area contributed by atoms with Crippen LogP contribution in [0.25, 0.3) is 0 Å². The fourth-order valence-corrected chi connectivity index (χ4v) is 5.32. The minimum atomic E-state index is -1.33. The molecule has 5 rings (SSSR count). The highest BCUT2D eigenvalue weighted by atomic mass is 35.5. The van der Waals surface area contributed by atoms with Crippen LogP contribution in [0, 0.1) is 16.0 Å². The van der Waals surface area contributed by atoms with Gasteiger partial charge >= 0.3 is 0 Å². The van der Waals surface area contributed by atoms with Crippen molar-refractivity contribution in [3.05, 3.63) is 92.9 Å². The fraction of sp³-hybridized carbons (Fsp3) is 0.217. The summed E-state index contributed by atoms with van der Waals surface area (Å²) in [7, 11) is 1.77. The van der Waals surface area contributed by atoms with Crippen molar-refractivity contribution in [1.82, 2.24) is 4.90 Å². The van der Waals surface area contributed by atoms with Crippen molar-refractivity contribution in [2.75, 3.05) is 18.9 Å². The van der Waals surface area contributed by atoms with Crippen LogP contribution in [-0.4, -0.2) is 35.1 Å². The van der Waals surface area contributed by atoms with Gasteiger partial charge in [-0.15, -0.1) is 0 Å². The molecule has 8 nitrogen and oxygen atoms in total. The summed E-state index contributed by atoms with van der Waals surface area (Å²) in [5, 5.41) is 14.7. The first-order chi connectivity index (χ1) is 15.3. The van der Waals surface area contributed by atoms with Gasteiger partial charge in [0, 0.05) is 40.9 Å². The monoisotopic (exact) mass is 451 g/mol. The molecule has 1 aromatic heterocycles. The number of hydrogen-bond donors (Lipinski definition) is 1. The number of benzene rings is 2. The third-order valence-corrected chi connectivity index (χ3v) is 6.70. The number of amides is 1. The molecule has 9 heteroatoms. The summed E-state index contributed by atoms with van der Waals surface area (Å²) in [4.78, 5) is 40.0. The maximum absolute atomic E-state index is 13.8. The van der Waals surface area contributed by atoms with Crippen molar-refractivity contribution in [1.29, 1.82) is 0 Å². The van der Waals surface area contributed by atoms with Crippen molar-refractivity contribution in [3.8, 4) is 0 Å². The number of non-ortho nitro benzene ring substituents is 1. The van der Waals surface area contributed by atoms with E-state index in [1.165, 1.54) is 18.4 Å². The van der Waals surface area contributed by atoms with E-state index in [0.717, 1.165) is 0 Å². The normalized spacial score (nSPS) is 24.5. The molecular weight excluding hydrogens is 434 g/mol. The second kappa shape index (κ2) is 7.29. The van der Waals surface area contributed by atoms with Crippen LogP contribution >= 0.6 is 11.6 Å². The molecule has 3 aromatic rings. The number of hydrogen-bond acceptors (Lipinski definition) is 6. The summed E-state index contributed by atoms with van der Waals surface area (Å²) in [5.41, 5.74) is 0.392. The third kappa shape index (κ3) is 2.80. The average molecular weight is 452 g/mol. The lowest BCUT2D eigenvalue weighted by atomic mass is 9.71. The Balaban J connectivity index is 1.74. The van der Waals surface area contributed by atoms with E-state index in [-0.39, 0.29) is 23.1 Å². The number of halogens is 1. The van der Waals surface area contributed by atoms with E-state index in [4.69, 9.17) is 16.0 Å². The van der Waals surface area contributed by atoms with Gasteiger partial charge in [0.1, 0.15) is 5.54 Å². The van der Waals surface area contributed by atoms with Crippen molar-refractivity contribution in [2.24, 2.45) is 5.92 Å². The van der Waals surface area contributed by atoms with Gasteiger partial charge in [-0.05, 0) is 42.9 Å². The molecular formula is C23H18ClN3O5. The number of carbonyl (C=O) groups excluding carboxylic acids is 2. The molecule has 1 fully saturated rings. The SMILES string of the molecule is CN1C[C@H](c2cccc([N+](=O)[O-])c2)[C@H](C(=O)c2ccco2)[C@]12C(=O)Nc1ccc(Cl)cc12. The number of nitrogens with one attached hydrogen (secondary N) is 1. The van der Waals surface area contributed by atoms with E-state index in [2.05, 4.69) is 5.32 Å². The average Bonchev–Trinajstić information content (AvgIpc) is 3.47. The van der Waals surface area contributed by atoms with Crippen LogP contribution in [0.15, 0.2) is 65.3 Å². The van der Waals surface area contributed by atoms with Gasteiger partial charge in [0.2, 0.25) is 11.7 Å². The van der Waals surface area contributed by atoms with E-state index >= 15 is 0 Å². The van der Waals surface area contributed by atoms with Gasteiger partial charge < -0.3 is 9.73 Å². The van der Waals surface area contributed by atoms with Gasteiger partial charge in [-0.3, -0.25) is 24.6 Å². The van der Waals surface area contributed by atoms with E-state index < -0.39 is 22.3 Å². The first-order valence-electron chi connectivity index (χ1n) is 9.99. The zero-order valence-corrected chi connectivity index (χ0v) is 17.7. The number of anilines is 1. The molecule has 0 unspecified atom stereocenters. The van der Waals surface area contributed by atoms with Crippen LogP contribution in [-0.2, 0) is 10.3 Å². The number of Topliss-reactive ketones (excluding diaryl/α,β-unsaturated/α-hetero) is 1. The Morgan fingerprint density at radius 2 is 2.06 bits per heavy atom. The van der Waals surface area contributed by atoms with Gasteiger partial charge in [0.25, 0.3) is 5.69 Å². The van der Waals surface area contributed by atoms with Crippen LogP contribution < -0.4 is 5.32 Å². The topological polar surface area (TPSA) is 106 Å². The number of rotatable bonds is 4. The Kier molecular flexibility index (Phi) is 4.65. The minimum absolute atomic E-state index is 0.0744. The number of nitro benzene ring substituents is 1. The molecule has 0 saturated carbocycles. The highest BCUT2D eigenvalue weighted by Crippen LogP contribution is 2.56. The third-order valence-electron chi connectivity index (χ3n) is 6.47. The summed E-state index contributed by atoms with van der Waals surface area (Å²) in [6.45, 7) is 0.331. The smallest absolute Gasteiger partial charge is 0.269 e. The molecule has 1 amide bonds. The first-order valence-corrected chi connectivity index (χ1v) is 10.4. The van der Waals surface area contributed by atoms with Crippen LogP contribution in [0.3, 0.4) is 0 Å². The van der Waals surface area contributed by atoms with E-state index in [9.17, 15) is 19.7 Å². The molecule has 3 heterocycles. The number of fused-ring (bicyclic) bond motifs is 2. The second-order valence-corrected chi connectivity index (χ2v) is 8.51. The van der Waals surface area contributed by atoms with E-state index in [1.54, 1.807) is 49.5 Å². The molecule has 0 aliphatic carbocycles. The maximum atomic E-state index is 13.8.